The van der Waals surface area contributed by atoms with Crippen molar-refractivity contribution < 1.29 is 17.9 Å². The van der Waals surface area contributed by atoms with E-state index in [2.05, 4.69) is 14.8 Å². The topological polar surface area (TPSA) is 84.5 Å². The molecule has 0 aromatic heterocycles. The molecule has 1 rings (SSSR count). The number of rotatable bonds is 8. The van der Waals surface area contributed by atoms with Crippen molar-refractivity contribution in [2.24, 2.45) is 0 Å². The smallest absolute Gasteiger partial charge is 0.306 e. The molecule has 1 aromatic carbocycles. The molecule has 0 aliphatic rings. The fraction of sp³-hybridized carbons (Fsp3) is 0.500. The zero-order chi connectivity index (χ0) is 15.9. The molecule has 21 heavy (non-hydrogen) atoms. The van der Waals surface area contributed by atoms with E-state index in [1.807, 2.05) is 19.9 Å². The number of hydrogen-bond acceptors (Lipinski definition) is 5. The van der Waals surface area contributed by atoms with Crippen molar-refractivity contribution in [3.63, 3.8) is 0 Å². The molecule has 118 valence electrons. The van der Waals surface area contributed by atoms with Crippen LogP contribution in [0.5, 0.6) is 0 Å². The third-order valence-electron chi connectivity index (χ3n) is 3.03. The van der Waals surface area contributed by atoms with Crippen LogP contribution in [0.25, 0.3) is 0 Å². The number of benzene rings is 1. The molecule has 0 spiro atoms. The Morgan fingerprint density at radius 2 is 2.10 bits per heavy atom. The highest BCUT2D eigenvalue weighted by Crippen LogP contribution is 2.17. The minimum absolute atomic E-state index is 0.00319. The maximum atomic E-state index is 12.2. The van der Waals surface area contributed by atoms with Crippen LogP contribution in [-0.2, 0) is 19.6 Å². The van der Waals surface area contributed by atoms with Gasteiger partial charge in [-0.05, 0) is 31.2 Å². The monoisotopic (exact) mass is 314 g/mol. The summed E-state index contributed by atoms with van der Waals surface area (Å²) in [5.74, 6) is -0.452. The van der Waals surface area contributed by atoms with Gasteiger partial charge in [0.2, 0.25) is 10.0 Å². The summed E-state index contributed by atoms with van der Waals surface area (Å²) in [6, 6.07) is 6.81. The molecular weight excluding hydrogens is 292 g/mol. The molecule has 0 fully saturated rings. The Hall–Kier alpha value is -1.44. The number of methoxy groups -OCH3 is 1. The maximum absolute atomic E-state index is 12.2. The fourth-order valence-corrected chi connectivity index (χ4v) is 2.93. The zero-order valence-corrected chi connectivity index (χ0v) is 13.4. The van der Waals surface area contributed by atoms with E-state index in [-0.39, 0.29) is 23.9 Å². The second kappa shape index (κ2) is 8.11. The lowest BCUT2D eigenvalue weighted by molar-refractivity contribution is -0.140. The van der Waals surface area contributed by atoms with Crippen molar-refractivity contribution in [2.75, 3.05) is 20.2 Å². The van der Waals surface area contributed by atoms with E-state index in [4.69, 9.17) is 0 Å². The standard InChI is InChI=1S/C14H22N2O4S/c1-4-15-11(2)12-6-5-7-13(10-12)21(18,19)16-9-8-14(17)20-3/h5-7,10-11,15-16H,4,8-9H2,1-3H3. The molecule has 0 radical (unpaired) electrons. The Labute approximate surface area is 125 Å². The average Bonchev–Trinajstić information content (AvgIpc) is 2.47. The van der Waals surface area contributed by atoms with Gasteiger partial charge in [0, 0.05) is 12.6 Å². The van der Waals surface area contributed by atoms with Crippen molar-refractivity contribution in [3.8, 4) is 0 Å². The SMILES string of the molecule is CCNC(C)c1cccc(S(=O)(=O)NCCC(=O)OC)c1. The van der Waals surface area contributed by atoms with Crippen LogP contribution in [-0.4, -0.2) is 34.6 Å². The van der Waals surface area contributed by atoms with Crippen molar-refractivity contribution >= 4 is 16.0 Å². The lowest BCUT2D eigenvalue weighted by Gasteiger charge is -2.14. The van der Waals surface area contributed by atoms with Crippen LogP contribution >= 0.6 is 0 Å². The van der Waals surface area contributed by atoms with Crippen molar-refractivity contribution in [1.29, 1.82) is 0 Å². The van der Waals surface area contributed by atoms with E-state index in [9.17, 15) is 13.2 Å². The number of ether oxygens (including phenoxy) is 1. The summed E-state index contributed by atoms with van der Waals surface area (Å²) in [5, 5.41) is 3.23. The first-order valence-electron chi connectivity index (χ1n) is 6.80. The van der Waals surface area contributed by atoms with Gasteiger partial charge < -0.3 is 10.1 Å². The quantitative estimate of drug-likeness (QED) is 0.704. The lowest BCUT2D eigenvalue weighted by atomic mass is 10.1. The average molecular weight is 314 g/mol. The van der Waals surface area contributed by atoms with Crippen LogP contribution in [0.1, 0.15) is 31.9 Å². The third kappa shape index (κ3) is 5.45. The fourth-order valence-electron chi connectivity index (χ4n) is 1.85. The number of sulfonamides is 1. The number of hydrogen-bond donors (Lipinski definition) is 2. The molecule has 1 aromatic rings. The van der Waals surface area contributed by atoms with E-state index < -0.39 is 16.0 Å². The largest absolute Gasteiger partial charge is 0.469 e. The molecule has 0 aliphatic heterocycles. The molecule has 0 saturated heterocycles. The Balaban J connectivity index is 2.79. The predicted molar refractivity (Wildman–Crippen MR) is 80.4 cm³/mol. The number of carbonyl (C=O) groups excluding carboxylic acids is 1. The molecule has 7 heteroatoms. The van der Waals surface area contributed by atoms with Crippen LogP contribution < -0.4 is 10.0 Å². The van der Waals surface area contributed by atoms with Crippen LogP contribution in [0.15, 0.2) is 29.2 Å². The van der Waals surface area contributed by atoms with Gasteiger partial charge in [-0.1, -0.05) is 19.1 Å². The van der Waals surface area contributed by atoms with E-state index in [1.165, 1.54) is 13.2 Å². The highest BCUT2D eigenvalue weighted by molar-refractivity contribution is 7.89. The van der Waals surface area contributed by atoms with Gasteiger partial charge in [0.25, 0.3) is 0 Å². The Kier molecular flexibility index (Phi) is 6.80. The molecule has 0 saturated carbocycles. The number of carbonyl (C=O) groups is 1. The van der Waals surface area contributed by atoms with Crippen LogP contribution in [0.4, 0.5) is 0 Å². The second-order valence-corrected chi connectivity index (χ2v) is 6.34. The van der Waals surface area contributed by atoms with Gasteiger partial charge in [-0.25, -0.2) is 13.1 Å². The number of nitrogens with one attached hydrogen (secondary N) is 2. The highest BCUT2D eigenvalue weighted by atomic mass is 32.2. The first-order chi connectivity index (χ1) is 9.90. The Morgan fingerprint density at radius 1 is 1.38 bits per heavy atom. The first kappa shape index (κ1) is 17.6. The van der Waals surface area contributed by atoms with Gasteiger partial charge >= 0.3 is 5.97 Å². The first-order valence-corrected chi connectivity index (χ1v) is 8.29. The molecule has 0 bridgehead atoms. The third-order valence-corrected chi connectivity index (χ3v) is 4.49. The molecule has 1 atom stereocenters. The lowest BCUT2D eigenvalue weighted by Crippen LogP contribution is -2.27. The predicted octanol–water partition coefficient (Wildman–Crippen LogP) is 1.20. The molecule has 0 aliphatic carbocycles. The molecular formula is C14H22N2O4S. The van der Waals surface area contributed by atoms with Gasteiger partial charge in [0.15, 0.2) is 0 Å². The summed E-state index contributed by atoms with van der Waals surface area (Å²) < 4.78 is 31.2. The molecule has 0 heterocycles. The van der Waals surface area contributed by atoms with Crippen molar-refractivity contribution in [3.05, 3.63) is 29.8 Å². The van der Waals surface area contributed by atoms with Gasteiger partial charge in [0.1, 0.15) is 0 Å². The van der Waals surface area contributed by atoms with Gasteiger partial charge in [-0.2, -0.15) is 0 Å². The highest BCUT2D eigenvalue weighted by Gasteiger charge is 2.16. The van der Waals surface area contributed by atoms with Crippen molar-refractivity contribution in [2.45, 2.75) is 31.2 Å². The van der Waals surface area contributed by atoms with Crippen LogP contribution in [0.2, 0.25) is 0 Å². The van der Waals surface area contributed by atoms with Gasteiger partial charge in [-0.3, -0.25) is 4.79 Å². The minimum atomic E-state index is -3.62. The Bertz CT molecular complexity index is 572. The van der Waals surface area contributed by atoms with Crippen LogP contribution in [0.3, 0.4) is 0 Å². The summed E-state index contributed by atoms with van der Waals surface area (Å²) in [6.07, 6.45) is 0.00319. The summed E-state index contributed by atoms with van der Waals surface area (Å²) >= 11 is 0. The van der Waals surface area contributed by atoms with Gasteiger partial charge in [-0.15, -0.1) is 0 Å². The van der Waals surface area contributed by atoms with Crippen molar-refractivity contribution in [1.82, 2.24) is 10.0 Å². The second-order valence-electron chi connectivity index (χ2n) is 4.58. The summed E-state index contributed by atoms with van der Waals surface area (Å²) in [5.41, 5.74) is 0.896. The van der Waals surface area contributed by atoms with Gasteiger partial charge in [0.05, 0.1) is 18.4 Å². The van der Waals surface area contributed by atoms with E-state index in [0.29, 0.717) is 0 Å². The summed E-state index contributed by atoms with van der Waals surface area (Å²) in [7, 11) is -2.35. The summed E-state index contributed by atoms with van der Waals surface area (Å²) in [4.78, 5) is 11.2. The molecule has 2 N–H and O–H groups in total. The Morgan fingerprint density at radius 3 is 2.71 bits per heavy atom. The van der Waals surface area contributed by atoms with E-state index in [1.54, 1.807) is 12.1 Å². The zero-order valence-electron chi connectivity index (χ0n) is 12.5. The molecule has 0 amide bonds. The maximum Gasteiger partial charge on any atom is 0.306 e. The van der Waals surface area contributed by atoms with Crippen LogP contribution in [0, 0.1) is 0 Å². The van der Waals surface area contributed by atoms with E-state index in [0.717, 1.165) is 12.1 Å². The normalized spacial score (nSPS) is 12.9. The molecule has 6 nitrogen and oxygen atoms in total. The van der Waals surface area contributed by atoms with E-state index >= 15 is 0 Å². The number of esters is 1. The molecule has 1 unspecified atom stereocenters. The minimum Gasteiger partial charge on any atom is -0.469 e. The summed E-state index contributed by atoms with van der Waals surface area (Å²) in [6.45, 7) is 4.78.